The van der Waals surface area contributed by atoms with Gasteiger partial charge in [0.05, 0.1) is 0 Å². The number of amides is 1. The second-order valence-corrected chi connectivity index (χ2v) is 9.45. The quantitative estimate of drug-likeness (QED) is 0.349. The molecule has 2 heterocycles. The summed E-state index contributed by atoms with van der Waals surface area (Å²) in [5.41, 5.74) is 0. The van der Waals surface area contributed by atoms with Crippen LogP contribution in [0.5, 0.6) is 0 Å². The Morgan fingerprint density at radius 1 is 1.56 bits per heavy atom. The molecule has 0 aromatic carbocycles. The number of β-lactam (4-membered cyclic amide) rings is 1. The second-order valence-electron chi connectivity index (χ2n) is 4.15. The fourth-order valence-corrected chi connectivity index (χ4v) is 4.89. The molecule has 0 aromatic rings. The maximum absolute atomic E-state index is 11.7. The van der Waals surface area contributed by atoms with Crippen molar-refractivity contribution >= 4 is 55.5 Å². The van der Waals surface area contributed by atoms with E-state index < -0.39 is 20.0 Å². The fraction of sp³-hybridized carbons (Fsp3) is 0.750. The average molecular weight is 383 g/mol. The predicted octanol–water partition coefficient (Wildman–Crippen LogP) is -1.26. The molecular weight excluding hydrogens is 373 g/mol. The molecule has 86 valence electrons. The SMILES string of the molecule is CC1(C)S[C@H]2N(C(=O)C2(Br)Br)[C@H]1C(=O)O.[H-].[Na+]. The zero-order valence-electron chi connectivity index (χ0n) is 10.0. The van der Waals surface area contributed by atoms with Crippen LogP contribution in [0.3, 0.4) is 0 Å². The molecule has 2 fully saturated rings. The molecule has 2 rings (SSSR count). The van der Waals surface area contributed by atoms with Gasteiger partial charge in [-0.05, 0) is 13.8 Å². The molecule has 2 aliphatic rings. The van der Waals surface area contributed by atoms with Gasteiger partial charge in [0.2, 0.25) is 0 Å². The van der Waals surface area contributed by atoms with Gasteiger partial charge in [0.1, 0.15) is 11.4 Å². The van der Waals surface area contributed by atoms with E-state index in [0.717, 1.165) is 0 Å². The Hall–Kier alpha value is 1.25. The molecule has 2 aliphatic heterocycles. The number of aliphatic carboxylic acids is 1. The first-order chi connectivity index (χ1) is 6.69. The Morgan fingerprint density at radius 2 is 2.06 bits per heavy atom. The number of alkyl halides is 2. The molecule has 0 spiro atoms. The van der Waals surface area contributed by atoms with Gasteiger partial charge in [-0.15, -0.1) is 11.8 Å². The van der Waals surface area contributed by atoms with Gasteiger partial charge in [0.15, 0.2) is 3.23 Å². The number of carbonyl (C=O) groups excluding carboxylic acids is 1. The normalized spacial score (nSPS) is 33.8. The standard InChI is InChI=1S/C8H9Br2NO3S.Na.H/c1-7(2)3(4(12)13)11-5(14)8(9,10)6(11)15-7;;/h3,6H,1-2H3,(H,12,13);;/q;+1;-1/t3-,6+;;/m0../s1. The van der Waals surface area contributed by atoms with Crippen LogP contribution in [0, 0.1) is 0 Å². The van der Waals surface area contributed by atoms with Crippen LogP contribution in [0.2, 0.25) is 0 Å². The van der Waals surface area contributed by atoms with E-state index >= 15 is 0 Å². The maximum Gasteiger partial charge on any atom is 1.00 e. The third-order valence-corrected chi connectivity index (χ3v) is 6.45. The number of hydrogen-bond donors (Lipinski definition) is 1. The molecule has 1 amide bonds. The first-order valence-corrected chi connectivity index (χ1v) is 6.77. The number of halogens is 2. The monoisotopic (exact) mass is 381 g/mol. The molecule has 0 aromatic heterocycles. The smallest absolute Gasteiger partial charge is 1.00 e. The minimum absolute atomic E-state index is 0. The number of rotatable bonds is 1. The van der Waals surface area contributed by atoms with Crippen molar-refractivity contribution in [1.29, 1.82) is 0 Å². The average Bonchev–Trinajstić information content (AvgIpc) is 2.35. The van der Waals surface area contributed by atoms with Crippen molar-refractivity contribution < 1.29 is 45.7 Å². The number of carboxylic acids is 1. The Bertz CT molecular complexity index is 369. The van der Waals surface area contributed by atoms with Gasteiger partial charge < -0.3 is 11.4 Å². The third kappa shape index (κ3) is 1.91. The Balaban J connectivity index is 0.00000128. The van der Waals surface area contributed by atoms with Crippen molar-refractivity contribution in [3.8, 4) is 0 Å². The summed E-state index contributed by atoms with van der Waals surface area (Å²) in [6, 6.07) is -0.747. The molecule has 0 saturated carbocycles. The second kappa shape index (κ2) is 4.42. The first kappa shape index (κ1) is 15.3. The zero-order chi connectivity index (χ0) is 11.6. The molecule has 16 heavy (non-hydrogen) atoms. The minimum Gasteiger partial charge on any atom is -1.00 e. The van der Waals surface area contributed by atoms with Crippen molar-refractivity contribution in [2.45, 2.75) is 33.2 Å². The van der Waals surface area contributed by atoms with Crippen molar-refractivity contribution in [3.63, 3.8) is 0 Å². The van der Waals surface area contributed by atoms with Crippen LogP contribution in [-0.2, 0) is 9.59 Å². The van der Waals surface area contributed by atoms with E-state index in [1.807, 2.05) is 13.8 Å². The summed E-state index contributed by atoms with van der Waals surface area (Å²) in [5.74, 6) is -1.16. The summed E-state index contributed by atoms with van der Waals surface area (Å²) < 4.78 is -1.25. The molecule has 0 unspecified atom stereocenters. The number of carboxylic acid groups (broad SMARTS) is 1. The van der Waals surface area contributed by atoms with Gasteiger partial charge >= 0.3 is 35.5 Å². The van der Waals surface area contributed by atoms with Crippen LogP contribution in [0.1, 0.15) is 15.3 Å². The zero-order valence-corrected chi connectivity index (χ0v) is 15.0. The number of nitrogens with zero attached hydrogens (tertiary/aromatic N) is 1. The van der Waals surface area contributed by atoms with E-state index in [9.17, 15) is 9.59 Å². The van der Waals surface area contributed by atoms with E-state index in [2.05, 4.69) is 31.9 Å². The molecule has 2 saturated heterocycles. The maximum atomic E-state index is 11.7. The Kier molecular flexibility index (Phi) is 4.23. The summed E-state index contributed by atoms with van der Waals surface area (Å²) in [4.78, 5) is 24.3. The number of hydrogen-bond acceptors (Lipinski definition) is 3. The fourth-order valence-electron chi connectivity index (χ4n) is 1.98. The van der Waals surface area contributed by atoms with Crippen molar-refractivity contribution in [2.24, 2.45) is 0 Å². The summed E-state index contributed by atoms with van der Waals surface area (Å²) >= 11 is 8.05. The van der Waals surface area contributed by atoms with Crippen LogP contribution < -0.4 is 29.6 Å². The van der Waals surface area contributed by atoms with Crippen LogP contribution >= 0.6 is 43.6 Å². The van der Waals surface area contributed by atoms with Crippen molar-refractivity contribution in [2.75, 3.05) is 0 Å². The molecular formula is C8H10Br2NNaO3S. The number of fused-ring (bicyclic) bond motifs is 1. The van der Waals surface area contributed by atoms with Gasteiger partial charge in [0, 0.05) is 4.75 Å². The van der Waals surface area contributed by atoms with E-state index in [1.165, 1.54) is 16.7 Å². The molecule has 0 aliphatic carbocycles. The molecule has 0 bridgehead atoms. The molecule has 0 radical (unpaired) electrons. The van der Waals surface area contributed by atoms with E-state index in [-0.39, 0.29) is 42.3 Å². The number of thioether (sulfide) groups is 1. The molecule has 2 atom stereocenters. The van der Waals surface area contributed by atoms with E-state index in [0.29, 0.717) is 0 Å². The van der Waals surface area contributed by atoms with Gasteiger partial charge in [0.25, 0.3) is 5.91 Å². The van der Waals surface area contributed by atoms with Gasteiger partial charge in [-0.2, -0.15) is 0 Å². The van der Waals surface area contributed by atoms with Gasteiger partial charge in [-0.25, -0.2) is 4.79 Å². The third-order valence-electron chi connectivity index (χ3n) is 2.67. The molecule has 1 N–H and O–H groups in total. The molecule has 4 nitrogen and oxygen atoms in total. The van der Waals surface area contributed by atoms with Gasteiger partial charge in [-0.1, -0.05) is 31.9 Å². The Morgan fingerprint density at radius 3 is 2.50 bits per heavy atom. The topological polar surface area (TPSA) is 57.6 Å². The van der Waals surface area contributed by atoms with E-state index in [4.69, 9.17) is 5.11 Å². The van der Waals surface area contributed by atoms with Crippen LogP contribution in [0.4, 0.5) is 0 Å². The number of carbonyl (C=O) groups is 2. The minimum atomic E-state index is -0.946. The molecule has 8 heteroatoms. The summed E-state index contributed by atoms with van der Waals surface area (Å²) in [7, 11) is 0. The van der Waals surface area contributed by atoms with Crippen molar-refractivity contribution in [1.82, 2.24) is 4.90 Å². The van der Waals surface area contributed by atoms with E-state index in [1.54, 1.807) is 0 Å². The largest absolute Gasteiger partial charge is 1.00 e. The van der Waals surface area contributed by atoms with Crippen LogP contribution in [0.15, 0.2) is 0 Å². The summed E-state index contributed by atoms with van der Waals surface area (Å²) in [6.07, 6.45) is 0. The van der Waals surface area contributed by atoms with Crippen LogP contribution in [-0.4, -0.2) is 41.3 Å². The van der Waals surface area contributed by atoms with Crippen molar-refractivity contribution in [3.05, 3.63) is 0 Å². The summed E-state index contributed by atoms with van der Waals surface area (Å²) in [6.45, 7) is 3.69. The van der Waals surface area contributed by atoms with Gasteiger partial charge in [-0.3, -0.25) is 4.79 Å². The summed E-state index contributed by atoms with van der Waals surface area (Å²) in [5, 5.41) is 8.97. The Labute approximate surface area is 138 Å². The first-order valence-electron chi connectivity index (χ1n) is 4.31. The predicted molar refractivity (Wildman–Crippen MR) is 65.4 cm³/mol. The van der Waals surface area contributed by atoms with Crippen LogP contribution in [0.25, 0.3) is 0 Å².